The Morgan fingerprint density at radius 1 is 1.15 bits per heavy atom. The smallest absolute Gasteiger partial charge is 0.236 e. The van der Waals surface area contributed by atoms with Gasteiger partial charge in [-0.25, -0.2) is 15.0 Å². The summed E-state index contributed by atoms with van der Waals surface area (Å²) in [4.78, 5) is 30.6. The zero-order valence-electron chi connectivity index (χ0n) is 19.0. The van der Waals surface area contributed by atoms with Gasteiger partial charge in [-0.15, -0.1) is 0 Å². The van der Waals surface area contributed by atoms with E-state index in [9.17, 15) is 4.79 Å². The van der Waals surface area contributed by atoms with Crippen LogP contribution in [-0.4, -0.2) is 37.7 Å². The minimum atomic E-state index is -0.837. The Morgan fingerprint density at radius 3 is 2.64 bits per heavy atom. The molecule has 0 saturated heterocycles. The van der Waals surface area contributed by atoms with Crippen LogP contribution in [0.1, 0.15) is 45.7 Å². The van der Waals surface area contributed by atoms with E-state index in [1.165, 1.54) is 19.3 Å². The van der Waals surface area contributed by atoms with Crippen molar-refractivity contribution in [1.82, 2.24) is 19.9 Å². The van der Waals surface area contributed by atoms with Crippen LogP contribution in [0.25, 0.3) is 11.3 Å². The lowest BCUT2D eigenvalue weighted by Crippen LogP contribution is -2.35. The zero-order chi connectivity index (χ0) is 23.3. The van der Waals surface area contributed by atoms with Gasteiger partial charge in [-0.05, 0) is 63.8 Å². The molecule has 1 amide bonds. The van der Waals surface area contributed by atoms with Crippen LogP contribution in [0.4, 0.5) is 11.6 Å². The molecule has 1 fully saturated rings. The van der Waals surface area contributed by atoms with E-state index in [4.69, 9.17) is 4.74 Å². The molecular weight excluding hydrogens is 436 g/mol. The number of hydrogen-bond acceptors (Lipinski definition) is 8. The molecule has 0 aliphatic heterocycles. The first-order valence-corrected chi connectivity index (χ1v) is 12.0. The van der Waals surface area contributed by atoms with Gasteiger partial charge in [-0.3, -0.25) is 14.5 Å². The zero-order valence-corrected chi connectivity index (χ0v) is 19.9. The van der Waals surface area contributed by atoms with Crippen LogP contribution in [0.2, 0.25) is 0 Å². The summed E-state index contributed by atoms with van der Waals surface area (Å²) in [5.74, 6) is 0.869. The number of nitrogens with one attached hydrogen (secondary N) is 2. The lowest BCUT2D eigenvalue weighted by molar-refractivity contribution is -0.120. The molecule has 4 rings (SSSR count). The summed E-state index contributed by atoms with van der Waals surface area (Å²) >= 11 is 1.66. The van der Waals surface area contributed by atoms with Gasteiger partial charge in [0.25, 0.3) is 0 Å². The Morgan fingerprint density at radius 2 is 1.94 bits per heavy atom. The van der Waals surface area contributed by atoms with Crippen molar-refractivity contribution in [1.29, 1.82) is 0 Å². The fraction of sp³-hybridized carbons (Fsp3) is 0.375. The lowest BCUT2D eigenvalue weighted by atomic mass is 9.88. The molecule has 1 aromatic carbocycles. The van der Waals surface area contributed by atoms with Crippen LogP contribution in [0.15, 0.2) is 48.9 Å². The summed E-state index contributed by atoms with van der Waals surface area (Å²) in [6, 6.07) is 9.27. The maximum Gasteiger partial charge on any atom is 0.236 e. The summed E-state index contributed by atoms with van der Waals surface area (Å²) in [5, 5.41) is 3.61. The molecule has 3 aromatic rings. The first kappa shape index (κ1) is 23.0. The minimum absolute atomic E-state index is 0.148. The van der Waals surface area contributed by atoms with E-state index in [1.54, 1.807) is 36.6 Å². The second kappa shape index (κ2) is 10.2. The Hall–Kier alpha value is -3.20. The Kier molecular flexibility index (Phi) is 7.08. The molecule has 172 valence electrons. The van der Waals surface area contributed by atoms with Gasteiger partial charge in [0.1, 0.15) is 0 Å². The monoisotopic (exact) mass is 464 g/mol. The van der Waals surface area contributed by atoms with E-state index >= 15 is 0 Å². The van der Waals surface area contributed by atoms with Crippen LogP contribution in [0, 0.1) is 0 Å². The van der Waals surface area contributed by atoms with Gasteiger partial charge in [0, 0.05) is 22.7 Å². The van der Waals surface area contributed by atoms with E-state index in [2.05, 4.69) is 30.0 Å². The van der Waals surface area contributed by atoms with E-state index in [-0.39, 0.29) is 5.91 Å². The predicted octanol–water partition coefficient (Wildman–Crippen LogP) is 4.86. The van der Waals surface area contributed by atoms with Crippen LogP contribution in [0.3, 0.4) is 0 Å². The number of anilines is 2. The Labute approximate surface area is 198 Å². The topological polar surface area (TPSA) is 102 Å². The second-order valence-electron chi connectivity index (χ2n) is 8.37. The predicted molar refractivity (Wildman–Crippen MR) is 131 cm³/mol. The highest BCUT2D eigenvalue weighted by atomic mass is 32.2. The molecule has 1 saturated carbocycles. The van der Waals surface area contributed by atoms with Crippen LogP contribution in [-0.2, 0) is 10.2 Å². The van der Waals surface area contributed by atoms with Crippen molar-refractivity contribution >= 4 is 29.5 Å². The maximum atomic E-state index is 13.1. The summed E-state index contributed by atoms with van der Waals surface area (Å²) < 4.78 is 8.65. The molecule has 8 nitrogen and oxygen atoms in total. The molecule has 0 unspecified atom stereocenters. The van der Waals surface area contributed by atoms with E-state index in [0.29, 0.717) is 40.8 Å². The molecule has 2 heterocycles. The molecule has 9 heteroatoms. The molecule has 0 radical (unpaired) electrons. The van der Waals surface area contributed by atoms with Crippen molar-refractivity contribution in [2.24, 2.45) is 0 Å². The van der Waals surface area contributed by atoms with E-state index < -0.39 is 5.41 Å². The number of hydrogen-bond donors (Lipinski definition) is 2. The Balaban J connectivity index is 1.42. The summed E-state index contributed by atoms with van der Waals surface area (Å²) in [5.41, 5.74) is 2.11. The van der Waals surface area contributed by atoms with Crippen molar-refractivity contribution in [3.8, 4) is 17.1 Å². The third-order valence-corrected chi connectivity index (χ3v) is 6.68. The van der Waals surface area contributed by atoms with Gasteiger partial charge in [0.2, 0.25) is 17.7 Å². The molecule has 0 atom stereocenters. The third-order valence-electron chi connectivity index (χ3n) is 5.58. The number of carbonyl (C=O) groups is 1. The average Bonchev–Trinajstić information content (AvgIpc) is 2.79. The van der Waals surface area contributed by atoms with E-state index in [0.717, 1.165) is 5.56 Å². The first-order chi connectivity index (χ1) is 16.0. The minimum Gasteiger partial charge on any atom is -0.477 e. The number of ether oxygens (including phenoxy) is 1. The fourth-order valence-corrected chi connectivity index (χ4v) is 4.15. The van der Waals surface area contributed by atoms with Crippen molar-refractivity contribution < 1.29 is 9.53 Å². The summed E-state index contributed by atoms with van der Waals surface area (Å²) in [6.45, 7) is 6.15. The lowest BCUT2D eigenvalue weighted by Gasteiger charge is -2.25. The van der Waals surface area contributed by atoms with Gasteiger partial charge < -0.3 is 10.1 Å². The molecule has 1 aliphatic carbocycles. The van der Waals surface area contributed by atoms with Gasteiger partial charge in [0.05, 0.1) is 35.8 Å². The highest BCUT2D eigenvalue weighted by Gasteiger charge is 2.32. The molecule has 33 heavy (non-hydrogen) atoms. The molecule has 1 aliphatic rings. The number of carbonyl (C=O) groups excluding carboxylic acids is 1. The van der Waals surface area contributed by atoms with Gasteiger partial charge in [-0.1, -0.05) is 18.6 Å². The van der Waals surface area contributed by atoms with Crippen LogP contribution < -0.4 is 14.8 Å². The normalized spacial score (nSPS) is 13.8. The van der Waals surface area contributed by atoms with Crippen molar-refractivity contribution in [3.05, 3.63) is 54.6 Å². The highest BCUT2D eigenvalue weighted by molar-refractivity contribution is 8.01. The van der Waals surface area contributed by atoms with E-state index in [1.807, 2.05) is 45.0 Å². The quantitative estimate of drug-likeness (QED) is 0.433. The second-order valence-corrected chi connectivity index (χ2v) is 9.48. The molecule has 0 spiro atoms. The standard InChI is InChI=1S/C24H28N6O2S/c1-4-32-21-15-25-14-19(28-21)16-8-10-17(11-9-16)27-22(31)24(2,3)20-12-13-26-23(29-20)30-33-18-6-5-7-18/h8-15,18H,4-7H2,1-3H3,(H,27,31)(H,26,29,30). The summed E-state index contributed by atoms with van der Waals surface area (Å²) in [7, 11) is 0. The van der Waals surface area contributed by atoms with Crippen LogP contribution in [0.5, 0.6) is 5.88 Å². The highest BCUT2D eigenvalue weighted by Crippen LogP contribution is 2.31. The molecular formula is C24H28N6O2S. The van der Waals surface area contributed by atoms with Gasteiger partial charge in [0.15, 0.2) is 0 Å². The van der Waals surface area contributed by atoms with Crippen molar-refractivity contribution in [3.63, 3.8) is 0 Å². The fourth-order valence-electron chi connectivity index (χ4n) is 3.21. The SMILES string of the molecule is CCOc1cncc(-c2ccc(NC(=O)C(C)(C)c3ccnc(NSC4CCC4)n3)cc2)n1. The largest absolute Gasteiger partial charge is 0.477 e. The van der Waals surface area contributed by atoms with Crippen molar-refractivity contribution in [2.75, 3.05) is 16.6 Å². The number of amides is 1. The molecule has 2 aromatic heterocycles. The number of aromatic nitrogens is 4. The maximum absolute atomic E-state index is 13.1. The molecule has 0 bridgehead atoms. The first-order valence-electron chi connectivity index (χ1n) is 11.1. The van der Waals surface area contributed by atoms with Gasteiger partial charge >= 0.3 is 0 Å². The van der Waals surface area contributed by atoms with Crippen molar-refractivity contribution in [2.45, 2.75) is 50.7 Å². The average molecular weight is 465 g/mol. The molecule has 2 N–H and O–H groups in total. The number of benzene rings is 1. The summed E-state index contributed by atoms with van der Waals surface area (Å²) in [6.07, 6.45) is 8.67. The third kappa shape index (κ3) is 5.60. The Bertz CT molecular complexity index is 1100. The number of rotatable bonds is 9. The van der Waals surface area contributed by atoms with Gasteiger partial charge in [-0.2, -0.15) is 0 Å². The number of nitrogens with zero attached hydrogens (tertiary/aromatic N) is 4. The van der Waals surface area contributed by atoms with Crippen LogP contribution >= 0.6 is 11.9 Å².